The van der Waals surface area contributed by atoms with Gasteiger partial charge in [-0.15, -0.1) is 11.3 Å². The fourth-order valence-corrected chi connectivity index (χ4v) is 5.52. The number of pyridine rings is 1. The van der Waals surface area contributed by atoms with Gasteiger partial charge in [0.25, 0.3) is 0 Å². The summed E-state index contributed by atoms with van der Waals surface area (Å²) in [5.74, 6) is 0.320. The minimum Gasteiger partial charge on any atom is -0.459 e. The zero-order valence-corrected chi connectivity index (χ0v) is 19.1. The highest BCUT2D eigenvalue weighted by Crippen LogP contribution is 2.39. The standard InChI is InChI=1S/C25H25F2N3O2S/c1-16(30-8-2-3-9-30)23-6-7-24(33-23)18-10-19-20(13-29-25(19)28-12-18)17-4-5-21(31-14-26)22(11-17)32-15-27/h4-7,10-13,16H,2-3,8-9,14-15H2,1H3,(H,28,29). The van der Waals surface area contributed by atoms with Gasteiger partial charge < -0.3 is 14.5 Å². The van der Waals surface area contributed by atoms with E-state index < -0.39 is 13.7 Å². The maximum absolute atomic E-state index is 12.8. The Bertz CT molecular complexity index is 1250. The van der Waals surface area contributed by atoms with Crippen LogP contribution in [-0.2, 0) is 0 Å². The number of alkyl halides is 2. The summed E-state index contributed by atoms with van der Waals surface area (Å²) in [6.45, 7) is 2.57. The van der Waals surface area contributed by atoms with Gasteiger partial charge >= 0.3 is 0 Å². The van der Waals surface area contributed by atoms with Crippen LogP contribution in [0.25, 0.3) is 32.6 Å². The first-order valence-corrected chi connectivity index (χ1v) is 11.8. The maximum Gasteiger partial charge on any atom is 0.228 e. The van der Waals surface area contributed by atoms with E-state index in [1.165, 1.54) is 22.6 Å². The van der Waals surface area contributed by atoms with Gasteiger partial charge in [-0.2, -0.15) is 0 Å². The summed E-state index contributed by atoms with van der Waals surface area (Å²) < 4.78 is 35.4. The molecule has 1 aromatic carbocycles. The van der Waals surface area contributed by atoms with E-state index in [0.29, 0.717) is 6.04 Å². The third-order valence-electron chi connectivity index (χ3n) is 6.22. The summed E-state index contributed by atoms with van der Waals surface area (Å²) in [7, 11) is 0. The number of hydrogen-bond donors (Lipinski definition) is 1. The predicted molar refractivity (Wildman–Crippen MR) is 127 cm³/mol. The molecule has 1 fully saturated rings. The van der Waals surface area contributed by atoms with Crippen molar-refractivity contribution in [2.24, 2.45) is 0 Å². The van der Waals surface area contributed by atoms with Crippen molar-refractivity contribution in [3.63, 3.8) is 0 Å². The normalized spacial score (nSPS) is 15.2. The molecule has 33 heavy (non-hydrogen) atoms. The van der Waals surface area contributed by atoms with Crippen molar-refractivity contribution in [1.82, 2.24) is 14.9 Å². The molecular weight excluding hydrogens is 444 g/mol. The number of rotatable bonds is 8. The van der Waals surface area contributed by atoms with E-state index >= 15 is 0 Å². The molecule has 4 aromatic rings. The number of fused-ring (bicyclic) bond motifs is 1. The Morgan fingerprint density at radius 3 is 2.61 bits per heavy atom. The summed E-state index contributed by atoms with van der Waals surface area (Å²) in [4.78, 5) is 12.9. The molecule has 8 heteroatoms. The van der Waals surface area contributed by atoms with Crippen LogP contribution in [0.2, 0.25) is 0 Å². The Balaban J connectivity index is 1.48. The minimum absolute atomic E-state index is 0.157. The number of aromatic amines is 1. The Hall–Kier alpha value is -2.97. The lowest BCUT2D eigenvalue weighted by molar-refractivity contribution is 0.158. The van der Waals surface area contributed by atoms with Gasteiger partial charge in [-0.1, -0.05) is 6.07 Å². The Morgan fingerprint density at radius 2 is 1.82 bits per heavy atom. The number of likely N-dealkylation sites (tertiary alicyclic amines) is 1. The summed E-state index contributed by atoms with van der Waals surface area (Å²) in [5, 5.41) is 0.945. The fourth-order valence-electron chi connectivity index (χ4n) is 4.44. The molecule has 1 aliphatic rings. The zero-order valence-electron chi connectivity index (χ0n) is 18.3. The fraction of sp³-hybridized carbons (Fsp3) is 0.320. The molecule has 0 aliphatic carbocycles. The van der Waals surface area contributed by atoms with Crippen LogP contribution in [0.4, 0.5) is 8.78 Å². The predicted octanol–water partition coefficient (Wildman–Crippen LogP) is 6.73. The summed E-state index contributed by atoms with van der Waals surface area (Å²) in [6, 6.07) is 12.0. The monoisotopic (exact) mass is 469 g/mol. The van der Waals surface area contributed by atoms with Crippen LogP contribution in [0.15, 0.2) is 48.8 Å². The quantitative estimate of drug-likeness (QED) is 0.311. The van der Waals surface area contributed by atoms with Gasteiger partial charge in [-0.05, 0) is 68.8 Å². The van der Waals surface area contributed by atoms with E-state index in [1.807, 2.05) is 12.4 Å². The summed E-state index contributed by atoms with van der Waals surface area (Å²) in [5.41, 5.74) is 3.50. The molecule has 0 bridgehead atoms. The number of benzene rings is 1. The largest absolute Gasteiger partial charge is 0.459 e. The highest BCUT2D eigenvalue weighted by molar-refractivity contribution is 7.15. The maximum atomic E-state index is 12.8. The van der Waals surface area contributed by atoms with Gasteiger partial charge in [0.05, 0.1) is 0 Å². The summed E-state index contributed by atoms with van der Waals surface area (Å²) in [6.07, 6.45) is 6.30. The molecule has 0 spiro atoms. The number of halogens is 2. The van der Waals surface area contributed by atoms with Crippen LogP contribution in [0, 0.1) is 0 Å². The van der Waals surface area contributed by atoms with E-state index in [1.54, 1.807) is 29.5 Å². The average molecular weight is 470 g/mol. The molecule has 172 valence electrons. The lowest BCUT2D eigenvalue weighted by Gasteiger charge is -2.22. The first-order chi connectivity index (χ1) is 16.2. The number of thiophene rings is 1. The van der Waals surface area contributed by atoms with Crippen molar-refractivity contribution >= 4 is 22.4 Å². The second kappa shape index (κ2) is 9.49. The number of aromatic nitrogens is 2. The molecule has 1 unspecified atom stereocenters. The second-order valence-electron chi connectivity index (χ2n) is 8.11. The first-order valence-electron chi connectivity index (χ1n) is 11.0. The van der Waals surface area contributed by atoms with Crippen molar-refractivity contribution in [3.05, 3.63) is 53.7 Å². The minimum atomic E-state index is -1.03. The Morgan fingerprint density at radius 1 is 1.03 bits per heavy atom. The van der Waals surface area contributed by atoms with E-state index in [9.17, 15) is 8.78 Å². The third-order valence-corrected chi connectivity index (χ3v) is 7.52. The van der Waals surface area contributed by atoms with Gasteiger partial charge in [0, 0.05) is 44.7 Å². The summed E-state index contributed by atoms with van der Waals surface area (Å²) >= 11 is 1.80. The molecular formula is C25H25F2N3O2S. The highest BCUT2D eigenvalue weighted by Gasteiger charge is 2.21. The molecule has 5 nitrogen and oxygen atoms in total. The van der Waals surface area contributed by atoms with Gasteiger partial charge in [-0.25, -0.2) is 13.8 Å². The Kier molecular flexibility index (Phi) is 6.28. The molecule has 3 aromatic heterocycles. The molecule has 0 radical (unpaired) electrons. The average Bonchev–Trinajstić information content (AvgIpc) is 3.60. The molecule has 4 heterocycles. The van der Waals surface area contributed by atoms with Gasteiger partial charge in [0.15, 0.2) is 11.5 Å². The molecule has 1 atom stereocenters. The third kappa shape index (κ3) is 4.32. The highest BCUT2D eigenvalue weighted by atomic mass is 32.1. The molecule has 0 amide bonds. The van der Waals surface area contributed by atoms with Crippen molar-refractivity contribution in [3.8, 4) is 33.1 Å². The SMILES string of the molecule is CC(c1ccc(-c2cnc3[nH]cc(-c4ccc(OCF)c(OCF)c4)c3c2)s1)N1CCCC1. The second-order valence-corrected chi connectivity index (χ2v) is 9.23. The van der Waals surface area contributed by atoms with Crippen LogP contribution in [0.5, 0.6) is 11.5 Å². The van der Waals surface area contributed by atoms with Crippen LogP contribution in [0.3, 0.4) is 0 Å². The number of nitrogens with one attached hydrogen (secondary N) is 1. The molecule has 1 N–H and O–H groups in total. The van der Waals surface area contributed by atoms with Crippen molar-refractivity contribution in [1.29, 1.82) is 0 Å². The number of H-pyrrole nitrogens is 1. The topological polar surface area (TPSA) is 50.4 Å². The van der Waals surface area contributed by atoms with Crippen LogP contribution >= 0.6 is 11.3 Å². The van der Waals surface area contributed by atoms with Gasteiger partial charge in [0.2, 0.25) is 13.7 Å². The first kappa shape index (κ1) is 21.9. The lowest BCUT2D eigenvalue weighted by atomic mass is 10.0. The van der Waals surface area contributed by atoms with Gasteiger partial charge in [-0.3, -0.25) is 4.90 Å². The molecule has 5 rings (SSSR count). The number of ether oxygens (including phenoxy) is 2. The van der Waals surface area contributed by atoms with Crippen LogP contribution in [0.1, 0.15) is 30.7 Å². The van der Waals surface area contributed by atoms with E-state index in [0.717, 1.165) is 40.8 Å². The van der Waals surface area contributed by atoms with Gasteiger partial charge in [0.1, 0.15) is 5.65 Å². The zero-order chi connectivity index (χ0) is 22.8. The molecule has 1 aliphatic heterocycles. The molecule has 1 saturated heterocycles. The van der Waals surface area contributed by atoms with Crippen LogP contribution < -0.4 is 9.47 Å². The van der Waals surface area contributed by atoms with Crippen LogP contribution in [-0.4, -0.2) is 41.7 Å². The van der Waals surface area contributed by atoms with E-state index in [-0.39, 0.29) is 11.5 Å². The lowest BCUT2D eigenvalue weighted by Crippen LogP contribution is -2.22. The van der Waals surface area contributed by atoms with Crippen molar-refractivity contribution in [2.45, 2.75) is 25.8 Å². The Labute approximate surface area is 195 Å². The molecule has 0 saturated carbocycles. The van der Waals surface area contributed by atoms with Crippen molar-refractivity contribution < 1.29 is 18.3 Å². The van der Waals surface area contributed by atoms with Crippen molar-refractivity contribution in [2.75, 3.05) is 26.8 Å². The number of nitrogens with zero attached hydrogens (tertiary/aromatic N) is 2. The van der Waals surface area contributed by atoms with E-state index in [4.69, 9.17) is 9.47 Å². The van der Waals surface area contributed by atoms with E-state index in [2.05, 4.69) is 40.0 Å². The smallest absolute Gasteiger partial charge is 0.228 e. The number of hydrogen-bond acceptors (Lipinski definition) is 5.